The Balaban J connectivity index is 1.77. The number of ether oxygens (including phenoxy) is 1. The van der Waals surface area contributed by atoms with Gasteiger partial charge in [-0.1, -0.05) is 18.2 Å². The summed E-state index contributed by atoms with van der Waals surface area (Å²) in [5.41, 5.74) is 2.79. The molecule has 0 radical (unpaired) electrons. The maximum atomic E-state index is 5.43. The van der Waals surface area contributed by atoms with Crippen LogP contribution in [-0.2, 0) is 11.2 Å². The highest BCUT2D eigenvalue weighted by molar-refractivity contribution is 5.56. The fourth-order valence-corrected chi connectivity index (χ4v) is 2.48. The van der Waals surface area contributed by atoms with Gasteiger partial charge in [0.15, 0.2) is 0 Å². The Bertz CT molecular complexity index is 306. The van der Waals surface area contributed by atoms with E-state index in [4.69, 9.17) is 4.74 Å². The largest absolute Gasteiger partial charge is 0.381 e. The summed E-state index contributed by atoms with van der Waals surface area (Å²) in [6.07, 6.45) is 2.38. The molecule has 3 rings (SSSR count). The molecule has 2 atom stereocenters. The van der Waals surface area contributed by atoms with Gasteiger partial charge >= 0.3 is 0 Å². The third-order valence-electron chi connectivity index (χ3n) is 3.33. The summed E-state index contributed by atoms with van der Waals surface area (Å²) < 4.78 is 5.43. The molecule has 1 aromatic rings. The Morgan fingerprint density at radius 1 is 1.29 bits per heavy atom. The molecule has 2 heteroatoms. The third kappa shape index (κ3) is 1.30. The van der Waals surface area contributed by atoms with Crippen LogP contribution >= 0.6 is 0 Å². The highest BCUT2D eigenvalue weighted by Crippen LogP contribution is 2.31. The van der Waals surface area contributed by atoms with Crippen LogP contribution in [0.2, 0.25) is 0 Å². The van der Waals surface area contributed by atoms with E-state index in [0.29, 0.717) is 12.0 Å². The van der Waals surface area contributed by atoms with E-state index in [1.165, 1.54) is 24.1 Å². The Labute approximate surface area is 84.3 Å². The van der Waals surface area contributed by atoms with Gasteiger partial charge in [-0.3, -0.25) is 0 Å². The van der Waals surface area contributed by atoms with E-state index < -0.39 is 0 Å². The third-order valence-corrected chi connectivity index (χ3v) is 3.33. The number of fused-ring (bicyclic) bond motifs is 1. The molecular weight excluding hydrogens is 174 g/mol. The molecule has 2 heterocycles. The van der Waals surface area contributed by atoms with Gasteiger partial charge in [-0.15, -0.1) is 0 Å². The van der Waals surface area contributed by atoms with E-state index >= 15 is 0 Å². The molecule has 0 bridgehead atoms. The molecule has 2 aliphatic rings. The summed E-state index contributed by atoms with van der Waals surface area (Å²) >= 11 is 0. The minimum Gasteiger partial charge on any atom is -0.381 e. The molecule has 1 fully saturated rings. The van der Waals surface area contributed by atoms with Crippen molar-refractivity contribution in [1.82, 2.24) is 0 Å². The van der Waals surface area contributed by atoms with Crippen molar-refractivity contribution in [2.24, 2.45) is 5.92 Å². The smallest absolute Gasteiger partial charge is 0.0514 e. The zero-order chi connectivity index (χ0) is 9.38. The Morgan fingerprint density at radius 3 is 3.00 bits per heavy atom. The van der Waals surface area contributed by atoms with Crippen LogP contribution in [0.1, 0.15) is 12.0 Å². The zero-order valence-corrected chi connectivity index (χ0v) is 8.20. The molecular formula is C12H15NO. The number of benzene rings is 1. The Hall–Kier alpha value is -1.02. The van der Waals surface area contributed by atoms with E-state index in [1.54, 1.807) is 0 Å². The number of rotatable bonds is 1. The lowest BCUT2D eigenvalue weighted by Gasteiger charge is -2.17. The van der Waals surface area contributed by atoms with Crippen LogP contribution in [0, 0.1) is 5.92 Å². The summed E-state index contributed by atoms with van der Waals surface area (Å²) in [5, 5.41) is 3.60. The van der Waals surface area contributed by atoms with Gasteiger partial charge in [0, 0.05) is 24.3 Å². The Kier molecular flexibility index (Phi) is 1.95. The molecule has 0 aliphatic carbocycles. The first-order valence-corrected chi connectivity index (χ1v) is 5.36. The lowest BCUT2D eigenvalue weighted by Crippen LogP contribution is -2.26. The van der Waals surface area contributed by atoms with Crippen molar-refractivity contribution in [3.63, 3.8) is 0 Å². The summed E-state index contributed by atoms with van der Waals surface area (Å²) in [4.78, 5) is 0. The lowest BCUT2D eigenvalue weighted by molar-refractivity contribution is 0.182. The summed E-state index contributed by atoms with van der Waals surface area (Å²) in [6.45, 7) is 1.88. The maximum Gasteiger partial charge on any atom is 0.0514 e. The van der Waals surface area contributed by atoms with Crippen LogP contribution in [-0.4, -0.2) is 19.3 Å². The molecule has 2 aliphatic heterocycles. The molecule has 0 spiro atoms. The minimum absolute atomic E-state index is 0.606. The quantitative estimate of drug-likeness (QED) is 0.730. The fraction of sp³-hybridized carbons (Fsp3) is 0.500. The predicted molar refractivity (Wildman–Crippen MR) is 56.5 cm³/mol. The predicted octanol–water partition coefficient (Wildman–Crippen LogP) is 2.06. The van der Waals surface area contributed by atoms with Crippen molar-refractivity contribution >= 4 is 5.69 Å². The van der Waals surface area contributed by atoms with Gasteiger partial charge in [-0.2, -0.15) is 0 Å². The normalized spacial score (nSPS) is 30.0. The topological polar surface area (TPSA) is 21.3 Å². The van der Waals surface area contributed by atoms with E-state index in [0.717, 1.165) is 13.2 Å². The van der Waals surface area contributed by atoms with Crippen LogP contribution < -0.4 is 5.32 Å². The molecule has 1 aromatic carbocycles. The average Bonchev–Trinajstić information content (AvgIpc) is 2.86. The van der Waals surface area contributed by atoms with E-state index in [9.17, 15) is 0 Å². The van der Waals surface area contributed by atoms with Crippen LogP contribution in [0.4, 0.5) is 5.69 Å². The van der Waals surface area contributed by atoms with Crippen molar-refractivity contribution in [2.45, 2.75) is 18.9 Å². The number of para-hydroxylation sites is 1. The molecule has 74 valence electrons. The zero-order valence-electron chi connectivity index (χ0n) is 8.20. The molecule has 0 saturated carbocycles. The van der Waals surface area contributed by atoms with E-state index in [1.807, 2.05) is 0 Å². The van der Waals surface area contributed by atoms with Crippen LogP contribution in [0.15, 0.2) is 24.3 Å². The van der Waals surface area contributed by atoms with Gasteiger partial charge in [-0.25, -0.2) is 0 Å². The first-order chi connectivity index (χ1) is 6.93. The van der Waals surface area contributed by atoms with Gasteiger partial charge < -0.3 is 10.1 Å². The molecule has 2 nitrogen and oxygen atoms in total. The van der Waals surface area contributed by atoms with Gasteiger partial charge in [0.1, 0.15) is 0 Å². The number of hydrogen-bond acceptors (Lipinski definition) is 2. The molecule has 14 heavy (non-hydrogen) atoms. The molecule has 1 N–H and O–H groups in total. The van der Waals surface area contributed by atoms with E-state index in [2.05, 4.69) is 29.6 Å². The highest BCUT2D eigenvalue weighted by Gasteiger charge is 2.30. The number of anilines is 1. The van der Waals surface area contributed by atoms with E-state index in [-0.39, 0.29) is 0 Å². The SMILES string of the molecule is c1ccc2c(c1)CC(C1CCOC1)N2. The fourth-order valence-electron chi connectivity index (χ4n) is 2.48. The Morgan fingerprint density at radius 2 is 2.21 bits per heavy atom. The van der Waals surface area contributed by atoms with Crippen molar-refractivity contribution in [1.29, 1.82) is 0 Å². The highest BCUT2D eigenvalue weighted by atomic mass is 16.5. The second-order valence-corrected chi connectivity index (χ2v) is 4.24. The number of nitrogens with one attached hydrogen (secondary N) is 1. The molecule has 0 aromatic heterocycles. The van der Waals surface area contributed by atoms with Crippen molar-refractivity contribution in [2.75, 3.05) is 18.5 Å². The summed E-state index contributed by atoms with van der Waals surface area (Å²) in [5.74, 6) is 0.711. The van der Waals surface area contributed by atoms with Crippen molar-refractivity contribution in [3.05, 3.63) is 29.8 Å². The van der Waals surface area contributed by atoms with Crippen molar-refractivity contribution < 1.29 is 4.74 Å². The molecule has 1 saturated heterocycles. The lowest BCUT2D eigenvalue weighted by atomic mass is 9.96. The van der Waals surface area contributed by atoms with Crippen molar-refractivity contribution in [3.8, 4) is 0 Å². The van der Waals surface area contributed by atoms with Crippen LogP contribution in [0.3, 0.4) is 0 Å². The first kappa shape index (κ1) is 8.30. The maximum absolute atomic E-state index is 5.43. The standard InChI is InChI=1S/C12H15NO/c1-2-4-11-9(3-1)7-12(13-11)10-5-6-14-8-10/h1-4,10,12-13H,5-8H2. The van der Waals surface area contributed by atoms with Gasteiger partial charge in [0.25, 0.3) is 0 Å². The monoisotopic (exact) mass is 189 g/mol. The molecule has 0 amide bonds. The van der Waals surface area contributed by atoms with Crippen LogP contribution in [0.5, 0.6) is 0 Å². The van der Waals surface area contributed by atoms with Gasteiger partial charge in [0.2, 0.25) is 0 Å². The second kappa shape index (κ2) is 3.28. The second-order valence-electron chi connectivity index (χ2n) is 4.24. The average molecular weight is 189 g/mol. The van der Waals surface area contributed by atoms with Gasteiger partial charge in [0.05, 0.1) is 6.61 Å². The van der Waals surface area contributed by atoms with Crippen LogP contribution in [0.25, 0.3) is 0 Å². The summed E-state index contributed by atoms with van der Waals surface area (Å²) in [6, 6.07) is 9.21. The number of hydrogen-bond donors (Lipinski definition) is 1. The molecule has 2 unspecified atom stereocenters. The first-order valence-electron chi connectivity index (χ1n) is 5.36. The minimum atomic E-state index is 0.606. The summed E-state index contributed by atoms with van der Waals surface area (Å²) in [7, 11) is 0. The van der Waals surface area contributed by atoms with Gasteiger partial charge in [-0.05, 0) is 24.5 Å².